The SMILES string of the molecule is CN1CCN(c2ccc(Nc3ncc4c(=O)n(-c5ccccc5Cl)c5ncccc5c4n3)cc2)CC1. The van der Waals surface area contributed by atoms with Crippen LogP contribution >= 0.6 is 11.6 Å². The summed E-state index contributed by atoms with van der Waals surface area (Å²) in [5.74, 6) is 0.412. The van der Waals surface area contributed by atoms with Crippen molar-refractivity contribution in [2.24, 2.45) is 0 Å². The Morgan fingerprint density at radius 1 is 0.889 bits per heavy atom. The van der Waals surface area contributed by atoms with Crippen molar-refractivity contribution >= 4 is 50.9 Å². The fourth-order valence-corrected chi connectivity index (χ4v) is 4.81. The third kappa shape index (κ3) is 4.04. The van der Waals surface area contributed by atoms with Crippen LogP contribution < -0.4 is 15.8 Å². The van der Waals surface area contributed by atoms with E-state index >= 15 is 0 Å². The van der Waals surface area contributed by atoms with Gasteiger partial charge in [-0.1, -0.05) is 23.7 Å². The summed E-state index contributed by atoms with van der Waals surface area (Å²) in [6.45, 7) is 4.16. The summed E-state index contributed by atoms with van der Waals surface area (Å²) in [4.78, 5) is 31.9. The molecule has 36 heavy (non-hydrogen) atoms. The molecule has 0 saturated carbocycles. The summed E-state index contributed by atoms with van der Waals surface area (Å²) in [6, 6.07) is 19.2. The third-order valence-corrected chi connectivity index (χ3v) is 6.88. The van der Waals surface area contributed by atoms with Gasteiger partial charge in [-0.25, -0.2) is 15.0 Å². The molecule has 0 radical (unpaired) electrons. The Kier molecular flexibility index (Phi) is 5.75. The maximum atomic E-state index is 13.5. The molecule has 3 aromatic heterocycles. The second-order valence-corrected chi connectivity index (χ2v) is 9.29. The van der Waals surface area contributed by atoms with Crippen LogP contribution in [0.2, 0.25) is 5.02 Å². The van der Waals surface area contributed by atoms with E-state index in [1.165, 1.54) is 10.3 Å². The highest BCUT2D eigenvalue weighted by molar-refractivity contribution is 6.32. The lowest BCUT2D eigenvalue weighted by Gasteiger charge is -2.34. The first-order chi connectivity index (χ1) is 17.6. The van der Waals surface area contributed by atoms with Gasteiger partial charge in [0.15, 0.2) is 0 Å². The molecule has 1 aliphatic heterocycles. The molecule has 8 nitrogen and oxygen atoms in total. The molecular weight excluding hydrogens is 474 g/mol. The van der Waals surface area contributed by atoms with Crippen molar-refractivity contribution < 1.29 is 0 Å². The molecule has 0 bridgehead atoms. The number of aromatic nitrogens is 4. The normalized spacial score (nSPS) is 14.4. The van der Waals surface area contributed by atoms with Crippen LogP contribution in [0.15, 0.2) is 77.9 Å². The Morgan fingerprint density at radius 2 is 1.67 bits per heavy atom. The van der Waals surface area contributed by atoms with Gasteiger partial charge in [-0.2, -0.15) is 0 Å². The van der Waals surface area contributed by atoms with Crippen LogP contribution in [-0.2, 0) is 0 Å². The van der Waals surface area contributed by atoms with Crippen molar-refractivity contribution in [3.05, 3.63) is 88.4 Å². The highest BCUT2D eigenvalue weighted by atomic mass is 35.5. The number of pyridine rings is 2. The fourth-order valence-electron chi connectivity index (χ4n) is 4.59. The average molecular weight is 498 g/mol. The number of likely N-dealkylation sites (N-methyl/N-ethyl adjacent to an activating group) is 1. The zero-order chi connectivity index (χ0) is 24.6. The predicted molar refractivity (Wildman–Crippen MR) is 145 cm³/mol. The minimum absolute atomic E-state index is 0.271. The van der Waals surface area contributed by atoms with Gasteiger partial charge in [0, 0.05) is 55.3 Å². The van der Waals surface area contributed by atoms with Crippen molar-refractivity contribution in [3.63, 3.8) is 0 Å². The summed E-state index contributed by atoms with van der Waals surface area (Å²) in [5.41, 5.74) is 3.40. The first kappa shape index (κ1) is 22.5. The van der Waals surface area contributed by atoms with Gasteiger partial charge in [0.05, 0.1) is 21.6 Å². The molecule has 1 N–H and O–H groups in total. The zero-order valence-electron chi connectivity index (χ0n) is 19.7. The van der Waals surface area contributed by atoms with Crippen LogP contribution in [0, 0.1) is 0 Å². The molecule has 1 saturated heterocycles. The number of nitrogens with one attached hydrogen (secondary N) is 1. The van der Waals surface area contributed by atoms with Gasteiger partial charge in [0.2, 0.25) is 5.95 Å². The van der Waals surface area contributed by atoms with Crippen molar-refractivity contribution in [2.75, 3.05) is 43.4 Å². The first-order valence-electron chi connectivity index (χ1n) is 11.8. The highest BCUT2D eigenvalue weighted by Gasteiger charge is 2.17. The number of rotatable bonds is 4. The summed E-state index contributed by atoms with van der Waals surface area (Å²) in [7, 11) is 2.15. The quantitative estimate of drug-likeness (QED) is 0.367. The first-order valence-corrected chi connectivity index (χ1v) is 12.2. The summed E-state index contributed by atoms with van der Waals surface area (Å²) in [5, 5.41) is 4.87. The maximum absolute atomic E-state index is 13.5. The molecule has 9 heteroatoms. The minimum atomic E-state index is -0.271. The van der Waals surface area contributed by atoms with Gasteiger partial charge >= 0.3 is 0 Å². The van der Waals surface area contributed by atoms with E-state index in [-0.39, 0.29) is 5.56 Å². The molecule has 180 valence electrons. The third-order valence-electron chi connectivity index (χ3n) is 6.56. The second kappa shape index (κ2) is 9.22. The van der Waals surface area contributed by atoms with Crippen LogP contribution in [0.25, 0.3) is 27.6 Å². The molecule has 0 spiro atoms. The van der Waals surface area contributed by atoms with Crippen LogP contribution in [-0.4, -0.2) is 57.6 Å². The summed E-state index contributed by atoms with van der Waals surface area (Å²) < 4.78 is 1.52. The Hall–Kier alpha value is -4.01. The summed E-state index contributed by atoms with van der Waals surface area (Å²) >= 11 is 6.43. The van der Waals surface area contributed by atoms with Gasteiger partial charge in [0.25, 0.3) is 5.56 Å². The molecule has 5 aromatic rings. The molecule has 0 unspecified atom stereocenters. The molecule has 2 aromatic carbocycles. The predicted octanol–water partition coefficient (Wildman–Crippen LogP) is 4.48. The zero-order valence-corrected chi connectivity index (χ0v) is 20.5. The number of hydrogen-bond donors (Lipinski definition) is 1. The van der Waals surface area contributed by atoms with Crippen molar-refractivity contribution in [1.29, 1.82) is 0 Å². The lowest BCUT2D eigenvalue weighted by atomic mass is 10.2. The van der Waals surface area contributed by atoms with Crippen LogP contribution in [0.1, 0.15) is 0 Å². The molecule has 1 aliphatic rings. The van der Waals surface area contributed by atoms with E-state index in [1.54, 1.807) is 24.5 Å². The number of para-hydroxylation sites is 1. The number of benzene rings is 2. The Bertz CT molecular complexity index is 1630. The van der Waals surface area contributed by atoms with E-state index in [4.69, 9.17) is 16.6 Å². The van der Waals surface area contributed by atoms with E-state index in [0.29, 0.717) is 33.2 Å². The van der Waals surface area contributed by atoms with Crippen LogP contribution in [0.4, 0.5) is 17.3 Å². The van der Waals surface area contributed by atoms with E-state index in [9.17, 15) is 4.79 Å². The molecule has 0 amide bonds. The molecular formula is C27H24ClN7O. The highest BCUT2D eigenvalue weighted by Crippen LogP contribution is 2.27. The number of piperazine rings is 1. The number of hydrogen-bond acceptors (Lipinski definition) is 7. The maximum Gasteiger partial charge on any atom is 0.267 e. The van der Waals surface area contributed by atoms with Gasteiger partial charge < -0.3 is 15.1 Å². The van der Waals surface area contributed by atoms with Crippen LogP contribution in [0.5, 0.6) is 0 Å². The Morgan fingerprint density at radius 3 is 2.44 bits per heavy atom. The minimum Gasteiger partial charge on any atom is -0.369 e. The van der Waals surface area contributed by atoms with Gasteiger partial charge in [-0.3, -0.25) is 9.36 Å². The van der Waals surface area contributed by atoms with E-state index in [0.717, 1.165) is 37.3 Å². The molecule has 0 atom stereocenters. The number of fused-ring (bicyclic) bond motifs is 3. The molecule has 0 aliphatic carbocycles. The second-order valence-electron chi connectivity index (χ2n) is 8.88. The average Bonchev–Trinajstić information content (AvgIpc) is 2.91. The van der Waals surface area contributed by atoms with Crippen molar-refractivity contribution in [3.8, 4) is 5.69 Å². The van der Waals surface area contributed by atoms with E-state index in [1.807, 2.05) is 36.4 Å². The van der Waals surface area contributed by atoms with Gasteiger partial charge in [-0.05, 0) is 55.6 Å². The summed E-state index contributed by atoms with van der Waals surface area (Å²) in [6.07, 6.45) is 3.22. The lowest BCUT2D eigenvalue weighted by Crippen LogP contribution is -2.44. The number of halogens is 1. The lowest BCUT2D eigenvalue weighted by molar-refractivity contribution is 0.313. The number of nitrogens with zero attached hydrogens (tertiary/aromatic N) is 6. The monoisotopic (exact) mass is 497 g/mol. The van der Waals surface area contributed by atoms with Gasteiger partial charge in [-0.15, -0.1) is 0 Å². The molecule has 6 rings (SSSR count). The van der Waals surface area contributed by atoms with Gasteiger partial charge in [0.1, 0.15) is 5.65 Å². The van der Waals surface area contributed by atoms with Crippen molar-refractivity contribution in [1.82, 2.24) is 24.4 Å². The van der Waals surface area contributed by atoms with Crippen molar-refractivity contribution in [2.45, 2.75) is 0 Å². The fraction of sp³-hybridized carbons (Fsp3) is 0.185. The topological polar surface area (TPSA) is 79.2 Å². The Labute approximate surface area is 212 Å². The smallest absolute Gasteiger partial charge is 0.267 e. The van der Waals surface area contributed by atoms with E-state index < -0.39 is 0 Å². The van der Waals surface area contributed by atoms with Crippen LogP contribution in [0.3, 0.4) is 0 Å². The molecule has 1 fully saturated rings. The largest absolute Gasteiger partial charge is 0.369 e. The molecule has 4 heterocycles. The standard InChI is InChI=1S/C27H24ClN7O/c1-33-13-15-34(16-14-33)19-10-8-18(9-11-19)31-27-30-17-21-24(32-27)20-5-4-12-29-25(20)35(26(21)36)23-7-3-2-6-22(23)28/h2-12,17H,13-16H2,1H3,(H,30,31,32). The number of anilines is 3. The Balaban J connectivity index is 1.37. The van der Waals surface area contributed by atoms with E-state index in [2.05, 4.69) is 44.3 Å².